The molecule has 2 heterocycles. The van der Waals surface area contributed by atoms with Crippen LogP contribution >= 0.6 is 17.2 Å². The molecule has 2 aromatic heterocycles. The van der Waals surface area contributed by atoms with Gasteiger partial charge < -0.3 is 0 Å². The second-order valence-corrected chi connectivity index (χ2v) is 21.7. The first-order valence-electron chi connectivity index (χ1n) is 11.7. The van der Waals surface area contributed by atoms with Crippen LogP contribution in [0.2, 0.25) is 19.6 Å². The minimum atomic E-state index is -1.50. The third kappa shape index (κ3) is 5.48. The monoisotopic (exact) mass is 494 g/mol. The molecule has 3 rings (SSSR count). The van der Waals surface area contributed by atoms with E-state index in [1.807, 2.05) is 24.5 Å². The van der Waals surface area contributed by atoms with Crippen molar-refractivity contribution >= 4 is 35.7 Å². The topological polar surface area (TPSA) is 25.8 Å². The molecule has 1 atom stereocenters. The Morgan fingerprint density at radius 2 is 1.21 bits per heavy atom. The molecule has 33 heavy (non-hydrogen) atoms. The van der Waals surface area contributed by atoms with Crippen molar-refractivity contribution in [2.75, 3.05) is 0 Å². The quantitative estimate of drug-likeness (QED) is 0.285. The fourth-order valence-corrected chi connectivity index (χ4v) is 11.1. The SMILES string of the molecule is CC(C)(C)P(c1cc([Si](C)(C)C)ccc1C(P)(c1ccccn1)c1ccccn1)C(C)(C)C. The lowest BCUT2D eigenvalue weighted by atomic mass is 9.90. The standard InChI is InChI=1S/C28H40N2P2Si/c1-26(2,3)32(27(4,5)6)23-20-21(33(7,8)9)16-17-22(23)28(31,24-14-10-12-18-29-24)25-15-11-13-19-30-25/h10-20H,31H2,1-9H3. The van der Waals surface area contributed by atoms with E-state index in [4.69, 9.17) is 9.97 Å². The second-order valence-electron chi connectivity index (χ2n) is 11.9. The van der Waals surface area contributed by atoms with Gasteiger partial charge in [0.15, 0.2) is 0 Å². The van der Waals surface area contributed by atoms with E-state index in [0.717, 1.165) is 11.4 Å². The minimum Gasteiger partial charge on any atom is -0.260 e. The van der Waals surface area contributed by atoms with Crippen molar-refractivity contribution in [3.8, 4) is 0 Å². The fraction of sp³-hybridized carbons (Fsp3) is 0.429. The summed E-state index contributed by atoms with van der Waals surface area (Å²) in [6.07, 6.45) is 3.78. The summed E-state index contributed by atoms with van der Waals surface area (Å²) in [5.74, 6) is 0. The first-order valence-corrected chi connectivity index (χ1v) is 17.2. The normalized spacial score (nSPS) is 13.4. The van der Waals surface area contributed by atoms with Crippen LogP contribution in [0.25, 0.3) is 0 Å². The Labute approximate surface area is 206 Å². The third-order valence-electron chi connectivity index (χ3n) is 6.01. The molecule has 0 saturated heterocycles. The van der Waals surface area contributed by atoms with Gasteiger partial charge in [-0.25, -0.2) is 0 Å². The molecule has 0 amide bonds. The molecule has 1 aromatic carbocycles. The number of benzene rings is 1. The van der Waals surface area contributed by atoms with Crippen molar-refractivity contribution < 1.29 is 0 Å². The zero-order valence-electron chi connectivity index (χ0n) is 21.8. The highest BCUT2D eigenvalue weighted by atomic mass is 31.1. The Bertz CT molecular complexity index is 1030. The molecule has 0 bridgehead atoms. The highest BCUT2D eigenvalue weighted by molar-refractivity contribution is 7.68. The van der Waals surface area contributed by atoms with E-state index in [0.29, 0.717) is 0 Å². The molecule has 0 saturated carbocycles. The lowest BCUT2D eigenvalue weighted by molar-refractivity contribution is 0.713. The average Bonchev–Trinajstić information content (AvgIpc) is 2.72. The summed E-state index contributed by atoms with van der Waals surface area (Å²) in [5, 5.41) is 2.78. The van der Waals surface area contributed by atoms with Crippen LogP contribution in [0.4, 0.5) is 0 Å². The van der Waals surface area contributed by atoms with E-state index in [2.05, 4.69) is 113 Å². The predicted molar refractivity (Wildman–Crippen MR) is 154 cm³/mol. The summed E-state index contributed by atoms with van der Waals surface area (Å²) in [6.45, 7) is 21.7. The van der Waals surface area contributed by atoms with Crippen molar-refractivity contribution in [1.29, 1.82) is 0 Å². The molecule has 176 valence electrons. The van der Waals surface area contributed by atoms with Gasteiger partial charge in [-0.15, -0.1) is 9.24 Å². The Kier molecular flexibility index (Phi) is 7.41. The maximum Gasteiger partial charge on any atom is 0.0939 e. The smallest absolute Gasteiger partial charge is 0.0939 e. The molecule has 0 aliphatic rings. The largest absolute Gasteiger partial charge is 0.260 e. The van der Waals surface area contributed by atoms with Crippen LogP contribution in [0.15, 0.2) is 67.0 Å². The van der Waals surface area contributed by atoms with Gasteiger partial charge in [0, 0.05) is 12.4 Å². The Balaban J connectivity index is 2.46. The van der Waals surface area contributed by atoms with Crippen LogP contribution in [-0.2, 0) is 5.16 Å². The van der Waals surface area contributed by atoms with Gasteiger partial charge in [0.1, 0.15) is 0 Å². The average molecular weight is 495 g/mol. The molecule has 2 nitrogen and oxygen atoms in total. The van der Waals surface area contributed by atoms with Crippen molar-refractivity contribution in [3.63, 3.8) is 0 Å². The molecule has 1 unspecified atom stereocenters. The van der Waals surface area contributed by atoms with Crippen LogP contribution < -0.4 is 10.5 Å². The lowest BCUT2D eigenvalue weighted by Crippen LogP contribution is -2.43. The van der Waals surface area contributed by atoms with Crippen molar-refractivity contribution in [2.45, 2.75) is 76.7 Å². The fourth-order valence-electron chi connectivity index (χ4n) is 4.84. The highest BCUT2D eigenvalue weighted by Gasteiger charge is 2.43. The van der Waals surface area contributed by atoms with E-state index < -0.39 is 21.2 Å². The zero-order chi connectivity index (χ0) is 24.7. The Hall–Kier alpha value is -1.40. The van der Waals surface area contributed by atoms with Gasteiger partial charge in [-0.1, -0.05) is 105 Å². The summed E-state index contributed by atoms with van der Waals surface area (Å²) in [6, 6.07) is 19.7. The number of pyridine rings is 2. The summed E-state index contributed by atoms with van der Waals surface area (Å²) < 4.78 is 0. The van der Waals surface area contributed by atoms with Gasteiger partial charge in [-0.3, -0.25) is 9.97 Å². The maximum atomic E-state index is 4.85. The first kappa shape index (κ1) is 26.2. The lowest BCUT2D eigenvalue weighted by Gasteiger charge is -2.45. The molecule has 0 fully saturated rings. The molecule has 0 spiro atoms. The molecule has 5 heteroatoms. The van der Waals surface area contributed by atoms with Crippen LogP contribution in [0.1, 0.15) is 58.5 Å². The number of rotatable bonds is 5. The molecular formula is C28H40N2P2Si. The number of hydrogen-bond donors (Lipinski definition) is 0. The Morgan fingerprint density at radius 1 is 0.727 bits per heavy atom. The molecule has 0 radical (unpaired) electrons. The van der Waals surface area contributed by atoms with Crippen LogP contribution in [0.3, 0.4) is 0 Å². The van der Waals surface area contributed by atoms with E-state index in [1.54, 1.807) is 0 Å². The van der Waals surface area contributed by atoms with Crippen molar-refractivity contribution in [2.24, 2.45) is 0 Å². The van der Waals surface area contributed by atoms with Gasteiger partial charge in [0.2, 0.25) is 0 Å². The molecular weight excluding hydrogens is 454 g/mol. The number of aromatic nitrogens is 2. The number of nitrogens with zero attached hydrogens (tertiary/aromatic N) is 2. The van der Waals surface area contributed by atoms with Gasteiger partial charge in [-0.05, 0) is 45.4 Å². The zero-order valence-corrected chi connectivity index (χ0v) is 24.8. The predicted octanol–water partition coefficient (Wildman–Crippen LogP) is 6.89. The summed E-state index contributed by atoms with van der Waals surface area (Å²) in [4.78, 5) is 9.71. The van der Waals surface area contributed by atoms with Crippen molar-refractivity contribution in [3.05, 3.63) is 83.9 Å². The maximum absolute atomic E-state index is 4.85. The number of hydrogen-bond acceptors (Lipinski definition) is 2. The van der Waals surface area contributed by atoms with Crippen LogP contribution in [0, 0.1) is 0 Å². The second kappa shape index (κ2) is 9.33. The summed E-state index contributed by atoms with van der Waals surface area (Å²) in [5.41, 5.74) is 3.32. The van der Waals surface area contributed by atoms with Gasteiger partial charge >= 0.3 is 0 Å². The van der Waals surface area contributed by atoms with E-state index in [9.17, 15) is 0 Å². The first-order chi connectivity index (χ1) is 15.2. The minimum absolute atomic E-state index is 0.153. The molecule has 0 aliphatic carbocycles. The molecule has 0 aliphatic heterocycles. The van der Waals surface area contributed by atoms with Gasteiger partial charge in [0.05, 0.1) is 24.6 Å². The molecule has 3 aromatic rings. The van der Waals surface area contributed by atoms with E-state index in [-0.39, 0.29) is 10.3 Å². The third-order valence-corrected chi connectivity index (χ3v) is 12.5. The van der Waals surface area contributed by atoms with Crippen LogP contribution in [-0.4, -0.2) is 28.4 Å². The van der Waals surface area contributed by atoms with Crippen LogP contribution in [0.5, 0.6) is 0 Å². The Morgan fingerprint density at radius 3 is 1.58 bits per heavy atom. The van der Waals surface area contributed by atoms with Crippen molar-refractivity contribution in [1.82, 2.24) is 9.97 Å². The summed E-state index contributed by atoms with van der Waals surface area (Å²) >= 11 is 0. The van der Waals surface area contributed by atoms with Gasteiger partial charge in [-0.2, -0.15) is 0 Å². The summed E-state index contributed by atoms with van der Waals surface area (Å²) in [7, 11) is 1.15. The van der Waals surface area contributed by atoms with E-state index in [1.165, 1.54) is 16.1 Å². The van der Waals surface area contributed by atoms with E-state index >= 15 is 0 Å². The highest BCUT2D eigenvalue weighted by Crippen LogP contribution is 2.60. The molecule has 0 N–H and O–H groups in total. The van der Waals surface area contributed by atoms with Gasteiger partial charge in [0.25, 0.3) is 0 Å².